The third-order valence-corrected chi connectivity index (χ3v) is 11.2. The average Bonchev–Trinajstić information content (AvgIpc) is 3.58. The second-order valence-corrected chi connectivity index (χ2v) is 15.5. The van der Waals surface area contributed by atoms with E-state index in [4.69, 9.17) is 24.7 Å². The minimum atomic E-state index is -1.87. The average molecular weight is 814 g/mol. The summed E-state index contributed by atoms with van der Waals surface area (Å²) in [6.07, 6.45) is -0.270. The number of rotatable bonds is 22. The van der Waals surface area contributed by atoms with Gasteiger partial charge in [0.2, 0.25) is 5.91 Å². The van der Waals surface area contributed by atoms with Crippen LogP contribution in [0.5, 0.6) is 0 Å². The number of aliphatic hydroxyl groups is 4. The van der Waals surface area contributed by atoms with E-state index in [1.165, 1.54) is 70.4 Å². The van der Waals surface area contributed by atoms with E-state index in [0.29, 0.717) is 6.42 Å². The molecule has 0 aliphatic carbocycles. The number of aliphatic carboxylic acids is 1. The van der Waals surface area contributed by atoms with Crippen LogP contribution in [0.3, 0.4) is 0 Å². The van der Waals surface area contributed by atoms with Crippen molar-refractivity contribution in [2.75, 3.05) is 27.2 Å². The molecule has 3 aliphatic heterocycles. The van der Waals surface area contributed by atoms with Crippen molar-refractivity contribution in [3.8, 4) is 0 Å². The van der Waals surface area contributed by atoms with Crippen LogP contribution in [-0.2, 0) is 33.3 Å². The predicted octanol–water partition coefficient (Wildman–Crippen LogP) is -0.435. The molecule has 3 fully saturated rings. The quantitative estimate of drug-likeness (QED) is 0.0578. The molecule has 0 radical (unpaired) electrons. The zero-order chi connectivity index (χ0) is 41.8. The van der Waals surface area contributed by atoms with E-state index in [1.54, 1.807) is 0 Å². The molecule has 0 bridgehead atoms. The first-order valence-corrected chi connectivity index (χ1v) is 20.3. The van der Waals surface area contributed by atoms with Gasteiger partial charge in [0, 0.05) is 38.8 Å². The molecular formula is C38H63N5O14. The molecule has 4 heterocycles. The fourth-order valence-corrected chi connectivity index (χ4v) is 7.94. The summed E-state index contributed by atoms with van der Waals surface area (Å²) in [5, 5.41) is 54.1. The molecule has 57 heavy (non-hydrogen) atoms. The molecule has 1 aromatic heterocycles. The first-order valence-electron chi connectivity index (χ1n) is 20.3. The Morgan fingerprint density at radius 2 is 1.47 bits per heavy atom. The summed E-state index contributed by atoms with van der Waals surface area (Å²) >= 11 is 0. The minimum absolute atomic E-state index is 0.0458. The minimum Gasteiger partial charge on any atom is -0.480 e. The standard InChI is InChI=1S/C38H63N5O14/c1-4-5-6-7-8-9-10-11-12-13-14-15-16-17-25(45)54-23-21-41(2)27(34(50)42(3)26(23)36(51)52)32(57-37-31(49)28(46)22(20-39)55-37)33-29(47)30(48)35(56-33)43-19-18-24(44)40-38(43)53/h18-19,22-23,26-33,35,37,46-49H,4-17,20-21,39H2,1-3H3,(H,51,52)(H,40,44,53)/t22-,23+,26+,27+,28-,29+,30-,31-,32?,33+,35-,37+/m1/s1. The number of carboxylic acid groups (broad SMARTS) is 1. The number of ether oxygens (including phenoxy) is 4. The summed E-state index contributed by atoms with van der Waals surface area (Å²) in [7, 11) is 2.63. The number of esters is 1. The van der Waals surface area contributed by atoms with Crippen LogP contribution >= 0.6 is 0 Å². The summed E-state index contributed by atoms with van der Waals surface area (Å²) in [5.41, 5.74) is 3.98. The van der Waals surface area contributed by atoms with Gasteiger partial charge >= 0.3 is 17.6 Å². The number of aliphatic hydroxyl groups excluding tert-OH is 4. The van der Waals surface area contributed by atoms with Crippen LogP contribution in [0.15, 0.2) is 21.9 Å². The van der Waals surface area contributed by atoms with Gasteiger partial charge in [0.25, 0.3) is 5.56 Å². The Kier molecular flexibility index (Phi) is 18.1. The maximum Gasteiger partial charge on any atom is 0.330 e. The fourth-order valence-electron chi connectivity index (χ4n) is 7.94. The van der Waals surface area contributed by atoms with E-state index in [9.17, 15) is 49.5 Å². The monoisotopic (exact) mass is 813 g/mol. The van der Waals surface area contributed by atoms with Crippen molar-refractivity contribution in [3.05, 3.63) is 33.1 Å². The number of likely N-dealkylation sites (N-methyl/N-ethyl adjacent to an activating group) is 2. The maximum absolute atomic E-state index is 14.3. The highest BCUT2D eigenvalue weighted by molar-refractivity contribution is 5.88. The van der Waals surface area contributed by atoms with Gasteiger partial charge in [0.15, 0.2) is 18.6 Å². The van der Waals surface area contributed by atoms with Crippen molar-refractivity contribution in [3.63, 3.8) is 0 Å². The zero-order valence-corrected chi connectivity index (χ0v) is 33.2. The molecule has 1 aromatic rings. The number of nitrogens with one attached hydrogen (secondary N) is 1. The Labute approximate surface area is 332 Å². The highest BCUT2D eigenvalue weighted by atomic mass is 16.7. The first kappa shape index (κ1) is 46.4. The second-order valence-electron chi connectivity index (χ2n) is 15.5. The fraction of sp³-hybridized carbons (Fsp3) is 0.816. The largest absolute Gasteiger partial charge is 0.480 e. The number of nitrogens with zero attached hydrogens (tertiary/aromatic N) is 3. The molecule has 324 valence electrons. The summed E-state index contributed by atoms with van der Waals surface area (Å²) in [5.74, 6) is -2.97. The number of hydrogen-bond acceptors (Lipinski definition) is 15. The molecule has 3 aliphatic rings. The van der Waals surface area contributed by atoms with Gasteiger partial charge in [-0.3, -0.25) is 28.8 Å². The third kappa shape index (κ3) is 11.9. The van der Waals surface area contributed by atoms with Gasteiger partial charge in [0.05, 0.1) is 0 Å². The molecule has 4 rings (SSSR count). The van der Waals surface area contributed by atoms with Gasteiger partial charge < -0.3 is 55.1 Å². The van der Waals surface area contributed by atoms with Gasteiger partial charge in [0.1, 0.15) is 54.9 Å². The van der Waals surface area contributed by atoms with Crippen LogP contribution in [0.1, 0.15) is 103 Å². The van der Waals surface area contributed by atoms with Crippen molar-refractivity contribution < 1.29 is 58.9 Å². The topological polar surface area (TPSA) is 277 Å². The van der Waals surface area contributed by atoms with Crippen molar-refractivity contribution >= 4 is 17.8 Å². The van der Waals surface area contributed by atoms with Gasteiger partial charge in [-0.25, -0.2) is 9.59 Å². The Morgan fingerprint density at radius 1 is 0.877 bits per heavy atom. The van der Waals surface area contributed by atoms with Crippen molar-refractivity contribution in [1.82, 2.24) is 19.4 Å². The van der Waals surface area contributed by atoms with Gasteiger partial charge in [-0.05, 0) is 13.5 Å². The molecule has 19 nitrogen and oxygen atoms in total. The van der Waals surface area contributed by atoms with E-state index >= 15 is 0 Å². The summed E-state index contributed by atoms with van der Waals surface area (Å²) in [4.78, 5) is 68.7. The van der Waals surface area contributed by atoms with Crippen LogP contribution in [0.2, 0.25) is 0 Å². The lowest BCUT2D eigenvalue weighted by Gasteiger charge is -2.38. The van der Waals surface area contributed by atoms with Crippen LogP contribution in [0, 0.1) is 0 Å². The maximum atomic E-state index is 14.3. The number of nitrogens with two attached hydrogens (primary N) is 1. The molecule has 12 atom stereocenters. The number of aromatic amines is 1. The van der Waals surface area contributed by atoms with Crippen molar-refractivity contribution in [1.29, 1.82) is 0 Å². The Hall–Kier alpha value is -3.27. The SMILES string of the molecule is CCCCCCCCCCCCCCCC(=O)O[C@H]1CN(C)[C@@H](C(O[C@@H]2O[C@H](CN)[C@@H](O)[C@H]2O)[C@H]2O[C@@H](n3ccc(=O)[nH]c3=O)[C@H](O)[C@@H]2O)C(=O)N(C)[C@@H]1C(=O)O. The number of unbranched alkanes of at least 4 members (excludes halogenated alkanes) is 12. The molecule has 3 saturated heterocycles. The highest BCUT2D eigenvalue weighted by Gasteiger charge is 2.57. The zero-order valence-electron chi connectivity index (χ0n) is 33.2. The molecule has 0 spiro atoms. The summed E-state index contributed by atoms with van der Waals surface area (Å²) in [6.45, 7) is 1.67. The van der Waals surface area contributed by atoms with Gasteiger partial charge in [-0.15, -0.1) is 0 Å². The first-order chi connectivity index (χ1) is 27.2. The molecule has 0 aromatic carbocycles. The summed E-state index contributed by atoms with van der Waals surface area (Å²) < 4.78 is 24.3. The summed E-state index contributed by atoms with van der Waals surface area (Å²) in [6, 6.07) is -2.21. The van der Waals surface area contributed by atoms with E-state index in [0.717, 1.165) is 47.4 Å². The number of carbonyl (C=O) groups is 3. The number of carboxylic acids is 1. The Balaban J connectivity index is 1.46. The number of aromatic nitrogens is 2. The molecular weight excluding hydrogens is 750 g/mol. The van der Waals surface area contributed by atoms with E-state index in [2.05, 4.69) is 6.92 Å². The Bertz CT molecular complexity index is 1560. The van der Waals surface area contributed by atoms with Crippen molar-refractivity contribution in [2.45, 2.75) is 170 Å². The van der Waals surface area contributed by atoms with Crippen LogP contribution in [0.4, 0.5) is 0 Å². The number of H-pyrrole nitrogens is 1. The number of amides is 1. The molecule has 1 amide bonds. The lowest BCUT2D eigenvalue weighted by atomic mass is 9.97. The smallest absolute Gasteiger partial charge is 0.330 e. The van der Waals surface area contributed by atoms with E-state index in [-0.39, 0.29) is 19.5 Å². The number of hydrogen-bond donors (Lipinski definition) is 7. The van der Waals surface area contributed by atoms with E-state index < -0.39 is 103 Å². The molecule has 8 N–H and O–H groups in total. The normalized spacial score (nSPS) is 31.4. The van der Waals surface area contributed by atoms with Crippen LogP contribution in [0.25, 0.3) is 0 Å². The van der Waals surface area contributed by atoms with Crippen molar-refractivity contribution in [2.24, 2.45) is 5.73 Å². The molecule has 0 saturated carbocycles. The second kappa shape index (κ2) is 22.2. The predicted molar refractivity (Wildman–Crippen MR) is 203 cm³/mol. The van der Waals surface area contributed by atoms with Gasteiger partial charge in [-0.1, -0.05) is 84.0 Å². The third-order valence-electron chi connectivity index (χ3n) is 11.2. The lowest BCUT2D eigenvalue weighted by molar-refractivity contribution is -0.233. The number of carbonyl (C=O) groups excluding carboxylic acids is 2. The van der Waals surface area contributed by atoms with Gasteiger partial charge in [-0.2, -0.15) is 0 Å². The Morgan fingerprint density at radius 3 is 2.02 bits per heavy atom. The van der Waals surface area contributed by atoms with Crippen LogP contribution < -0.4 is 17.0 Å². The lowest BCUT2D eigenvalue weighted by Crippen LogP contribution is -2.59. The van der Waals surface area contributed by atoms with E-state index in [1.807, 2.05) is 4.98 Å². The molecule has 19 heteroatoms. The molecule has 1 unspecified atom stereocenters. The highest BCUT2D eigenvalue weighted by Crippen LogP contribution is 2.36. The van der Waals surface area contributed by atoms with Crippen LogP contribution in [-0.4, -0.2) is 157 Å².